The highest BCUT2D eigenvalue weighted by Gasteiger charge is 1.99. The van der Waals surface area contributed by atoms with Crippen LogP contribution in [0.5, 0.6) is 0 Å². The Balaban J connectivity index is 5.25. The van der Waals surface area contributed by atoms with Gasteiger partial charge in [-0.15, -0.1) is 11.5 Å². The zero-order chi connectivity index (χ0) is 14.3. The maximum atomic E-state index is 11.0. The molecule has 0 heterocycles. The van der Waals surface area contributed by atoms with Crippen molar-refractivity contribution < 1.29 is 19.8 Å². The Kier molecular flexibility index (Phi) is 6.03. The minimum absolute atomic E-state index is 0.156. The highest BCUT2D eigenvalue weighted by molar-refractivity contribution is 5.99. The van der Waals surface area contributed by atoms with Gasteiger partial charge in [-0.2, -0.15) is 0 Å². The Labute approximate surface area is 106 Å². The number of allylic oxidation sites excluding steroid dienone is 4. The average molecular weight is 244 g/mol. The molecule has 94 valence electrons. The fourth-order valence-electron chi connectivity index (χ4n) is 1.04. The predicted octanol–water partition coefficient (Wildman–Crippen LogP) is -0.560. The Morgan fingerprint density at radius 2 is 1.00 bits per heavy atom. The van der Waals surface area contributed by atoms with E-state index in [9.17, 15) is 19.8 Å². The van der Waals surface area contributed by atoms with Crippen molar-refractivity contribution in [1.82, 2.24) is 0 Å². The number of Topliss-reactive ketones (excluding diaryl/α,β-unsaturated/α-hetero) is 2. The fourth-order valence-corrected chi connectivity index (χ4v) is 1.04. The molecule has 0 aliphatic heterocycles. The van der Waals surface area contributed by atoms with Gasteiger partial charge in [0, 0.05) is 0 Å². The van der Waals surface area contributed by atoms with Crippen LogP contribution in [0.15, 0.2) is 22.7 Å². The quantitative estimate of drug-likeness (QED) is 0.370. The van der Waals surface area contributed by atoms with Gasteiger partial charge in [0.25, 0.3) is 0 Å². The third-order valence-electron chi connectivity index (χ3n) is 1.85. The molecule has 0 saturated carbocycles. The van der Waals surface area contributed by atoms with Crippen molar-refractivity contribution in [3.8, 4) is 23.7 Å². The summed E-state index contributed by atoms with van der Waals surface area (Å²) in [5, 5.41) is 22.0. The maximum absolute atomic E-state index is 11.0. The number of hydrogen-bond donors (Lipinski definition) is 0. The SMILES string of the molecule is CC(=O)/C(C#CC#C/C(C(C)=O)=C(/C)[O-])=C(/C)[O-]. The molecule has 0 fully saturated rings. The van der Waals surface area contributed by atoms with E-state index in [2.05, 4.69) is 23.7 Å². The number of ketones is 2. The van der Waals surface area contributed by atoms with Gasteiger partial charge < -0.3 is 10.2 Å². The highest BCUT2D eigenvalue weighted by atomic mass is 16.3. The van der Waals surface area contributed by atoms with Crippen LogP contribution in [0.25, 0.3) is 0 Å². The number of carbonyl (C=O) groups is 2. The molecule has 0 saturated heterocycles. The van der Waals surface area contributed by atoms with Crippen molar-refractivity contribution in [2.24, 2.45) is 0 Å². The van der Waals surface area contributed by atoms with E-state index in [1.807, 2.05) is 0 Å². The molecular weight excluding hydrogens is 232 g/mol. The van der Waals surface area contributed by atoms with Gasteiger partial charge in [0.05, 0.1) is 11.1 Å². The lowest BCUT2D eigenvalue weighted by molar-refractivity contribution is -0.303. The summed E-state index contributed by atoms with van der Waals surface area (Å²) >= 11 is 0. The molecule has 0 rings (SSSR count). The largest absolute Gasteiger partial charge is 0.875 e. The van der Waals surface area contributed by atoms with E-state index < -0.39 is 23.1 Å². The molecule has 0 aliphatic carbocycles. The van der Waals surface area contributed by atoms with Gasteiger partial charge in [-0.05, 0) is 25.7 Å². The van der Waals surface area contributed by atoms with E-state index in [0.29, 0.717) is 0 Å². The van der Waals surface area contributed by atoms with Crippen LogP contribution in [0.3, 0.4) is 0 Å². The second-order valence-electron chi connectivity index (χ2n) is 3.47. The van der Waals surface area contributed by atoms with Crippen molar-refractivity contribution in [2.75, 3.05) is 0 Å². The number of carbonyl (C=O) groups excluding carboxylic acids is 2. The van der Waals surface area contributed by atoms with Crippen LogP contribution in [0.1, 0.15) is 27.7 Å². The first-order chi connectivity index (χ1) is 8.27. The van der Waals surface area contributed by atoms with Gasteiger partial charge in [0.1, 0.15) is 0 Å². The Morgan fingerprint density at radius 1 is 0.722 bits per heavy atom. The van der Waals surface area contributed by atoms with Crippen LogP contribution in [0.2, 0.25) is 0 Å². The van der Waals surface area contributed by atoms with E-state index in [0.717, 1.165) is 0 Å². The molecule has 18 heavy (non-hydrogen) atoms. The van der Waals surface area contributed by atoms with E-state index in [-0.39, 0.29) is 11.1 Å². The van der Waals surface area contributed by atoms with E-state index in [1.165, 1.54) is 27.7 Å². The molecule has 0 aromatic carbocycles. The molecule has 4 nitrogen and oxygen atoms in total. The van der Waals surface area contributed by atoms with Crippen LogP contribution >= 0.6 is 0 Å². The lowest BCUT2D eigenvalue weighted by Crippen LogP contribution is -2.08. The van der Waals surface area contributed by atoms with E-state index in [1.54, 1.807) is 0 Å². The third kappa shape index (κ3) is 5.05. The molecule has 0 aromatic heterocycles. The summed E-state index contributed by atoms with van der Waals surface area (Å²) in [6.07, 6.45) is 0. The van der Waals surface area contributed by atoms with Gasteiger partial charge >= 0.3 is 0 Å². The molecule has 0 aromatic rings. The monoisotopic (exact) mass is 244 g/mol. The van der Waals surface area contributed by atoms with Gasteiger partial charge in [0.2, 0.25) is 0 Å². The lowest BCUT2D eigenvalue weighted by atomic mass is 10.1. The summed E-state index contributed by atoms with van der Waals surface area (Å²) in [7, 11) is 0. The fraction of sp³-hybridized carbons (Fsp3) is 0.286. The standard InChI is InChI=1S/C14H14O4/c1-9(15)13(10(2)16)7-5-6-8-14(11(3)17)12(4)18/h15,17H,1-4H3/p-2/b13-9-,14-11+. The van der Waals surface area contributed by atoms with Gasteiger partial charge in [-0.1, -0.05) is 25.7 Å². The zero-order valence-corrected chi connectivity index (χ0v) is 10.6. The van der Waals surface area contributed by atoms with Crippen molar-refractivity contribution in [2.45, 2.75) is 27.7 Å². The molecule has 0 spiro atoms. The minimum Gasteiger partial charge on any atom is -0.875 e. The third-order valence-corrected chi connectivity index (χ3v) is 1.85. The second kappa shape index (κ2) is 6.98. The van der Waals surface area contributed by atoms with Gasteiger partial charge in [0.15, 0.2) is 11.6 Å². The summed E-state index contributed by atoms with van der Waals surface area (Å²) in [4.78, 5) is 22.0. The molecule has 0 amide bonds. The molecular formula is C14H12O4-2. The van der Waals surface area contributed by atoms with Crippen LogP contribution in [-0.4, -0.2) is 11.6 Å². The predicted molar refractivity (Wildman–Crippen MR) is 62.3 cm³/mol. The van der Waals surface area contributed by atoms with Crippen molar-refractivity contribution in [3.63, 3.8) is 0 Å². The van der Waals surface area contributed by atoms with Crippen molar-refractivity contribution in [1.29, 1.82) is 0 Å². The first kappa shape index (κ1) is 15.5. The normalized spacial score (nSPS) is 12.0. The lowest BCUT2D eigenvalue weighted by Gasteiger charge is -2.06. The maximum Gasteiger partial charge on any atom is 0.167 e. The van der Waals surface area contributed by atoms with Crippen LogP contribution in [-0.2, 0) is 9.59 Å². The minimum atomic E-state index is -0.445. The first-order valence-electron chi connectivity index (χ1n) is 5.07. The van der Waals surface area contributed by atoms with Crippen LogP contribution in [0, 0.1) is 23.7 Å². The van der Waals surface area contributed by atoms with E-state index >= 15 is 0 Å². The first-order valence-corrected chi connectivity index (χ1v) is 5.07. The Morgan fingerprint density at radius 3 is 1.17 bits per heavy atom. The molecule has 0 aliphatic rings. The van der Waals surface area contributed by atoms with Gasteiger partial charge in [-0.3, -0.25) is 9.59 Å². The van der Waals surface area contributed by atoms with Crippen LogP contribution < -0.4 is 10.2 Å². The van der Waals surface area contributed by atoms with E-state index in [4.69, 9.17) is 0 Å². The summed E-state index contributed by atoms with van der Waals surface area (Å²) < 4.78 is 0. The summed E-state index contributed by atoms with van der Waals surface area (Å²) in [6, 6.07) is 0. The number of rotatable bonds is 2. The summed E-state index contributed by atoms with van der Waals surface area (Å²) in [6.45, 7) is 4.89. The second-order valence-corrected chi connectivity index (χ2v) is 3.47. The highest BCUT2D eigenvalue weighted by Crippen LogP contribution is 1.98. The molecule has 0 radical (unpaired) electrons. The molecule has 0 atom stereocenters. The summed E-state index contributed by atoms with van der Waals surface area (Å²) in [5.74, 6) is 7.39. The van der Waals surface area contributed by atoms with Crippen LogP contribution in [0.4, 0.5) is 0 Å². The molecule has 0 bridgehead atoms. The topological polar surface area (TPSA) is 80.3 Å². The molecule has 0 N–H and O–H groups in total. The number of hydrogen-bond acceptors (Lipinski definition) is 4. The zero-order valence-electron chi connectivity index (χ0n) is 10.6. The van der Waals surface area contributed by atoms with Gasteiger partial charge in [-0.25, -0.2) is 0 Å². The molecule has 0 unspecified atom stereocenters. The Bertz CT molecular complexity index is 494. The Hall–Kier alpha value is -2.46. The average Bonchev–Trinajstić information content (AvgIpc) is 2.20. The summed E-state index contributed by atoms with van der Waals surface area (Å²) in [5.41, 5.74) is -0.312. The van der Waals surface area contributed by atoms with Crippen molar-refractivity contribution >= 4 is 11.6 Å². The smallest absolute Gasteiger partial charge is 0.167 e. The molecule has 4 heteroatoms. The van der Waals surface area contributed by atoms with Crippen molar-refractivity contribution in [3.05, 3.63) is 22.7 Å².